The normalized spacial score (nSPS) is 9.87. The molecule has 1 aromatic carbocycles. The molecule has 0 saturated heterocycles. The van der Waals surface area contributed by atoms with Crippen LogP contribution >= 0.6 is 11.6 Å². The first-order chi connectivity index (χ1) is 7.24. The maximum atomic E-state index is 8.91. The van der Waals surface area contributed by atoms with Crippen molar-refractivity contribution in [3.05, 3.63) is 34.9 Å². The van der Waals surface area contributed by atoms with Crippen molar-refractivity contribution in [2.24, 2.45) is 0 Å². The second-order valence-electron chi connectivity index (χ2n) is 2.95. The lowest BCUT2D eigenvalue weighted by atomic mass is 10.1. The Morgan fingerprint density at radius 2 is 2.13 bits per heavy atom. The fourth-order valence-corrected chi connectivity index (χ4v) is 1.56. The second kappa shape index (κ2) is 3.64. The number of nitrogens with one attached hydrogen (secondary N) is 1. The van der Waals surface area contributed by atoms with Crippen LogP contribution in [0.3, 0.4) is 0 Å². The van der Waals surface area contributed by atoms with Gasteiger partial charge in [0.15, 0.2) is 5.82 Å². The minimum atomic E-state index is 0.187. The molecule has 0 aliphatic heterocycles. The van der Waals surface area contributed by atoms with Gasteiger partial charge < -0.3 is 5.73 Å². The highest BCUT2D eigenvalue weighted by molar-refractivity contribution is 6.33. The summed E-state index contributed by atoms with van der Waals surface area (Å²) in [7, 11) is 0. The number of aromatic amines is 1. The third-order valence-corrected chi connectivity index (χ3v) is 2.38. The molecule has 0 saturated carbocycles. The van der Waals surface area contributed by atoms with Gasteiger partial charge in [-0.1, -0.05) is 29.8 Å². The van der Waals surface area contributed by atoms with Crippen molar-refractivity contribution in [3.8, 4) is 17.3 Å². The van der Waals surface area contributed by atoms with E-state index in [-0.39, 0.29) is 5.82 Å². The number of nitrogens with two attached hydrogens (primary N) is 1. The molecular formula is C10H7ClN4. The van der Waals surface area contributed by atoms with Crippen LogP contribution in [0, 0.1) is 11.3 Å². The Labute approximate surface area is 91.3 Å². The third kappa shape index (κ3) is 1.53. The number of aromatic nitrogens is 2. The smallest absolute Gasteiger partial charge is 0.163 e. The summed E-state index contributed by atoms with van der Waals surface area (Å²) in [6, 6.07) is 9.19. The molecule has 0 radical (unpaired) electrons. The standard InChI is InChI=1S/C10H7ClN4/c11-8-4-2-1-3-6(8)9-7(5-12)10(13)15-14-9/h1-4H,(H3,13,14,15). The quantitative estimate of drug-likeness (QED) is 0.770. The molecule has 1 aromatic heterocycles. The Kier molecular flexibility index (Phi) is 2.32. The zero-order valence-electron chi connectivity index (χ0n) is 7.66. The monoisotopic (exact) mass is 218 g/mol. The number of benzene rings is 1. The van der Waals surface area contributed by atoms with E-state index >= 15 is 0 Å². The van der Waals surface area contributed by atoms with Crippen LogP contribution in [0.1, 0.15) is 5.56 Å². The zero-order valence-corrected chi connectivity index (χ0v) is 8.42. The van der Waals surface area contributed by atoms with Crippen LogP contribution in [0.25, 0.3) is 11.3 Å². The zero-order chi connectivity index (χ0) is 10.8. The van der Waals surface area contributed by atoms with Crippen LogP contribution in [0.4, 0.5) is 5.82 Å². The predicted molar refractivity (Wildman–Crippen MR) is 58.2 cm³/mol. The maximum Gasteiger partial charge on any atom is 0.163 e. The van der Waals surface area contributed by atoms with Gasteiger partial charge in [-0.3, -0.25) is 5.10 Å². The molecule has 0 amide bonds. The number of nitriles is 1. The fraction of sp³-hybridized carbons (Fsp3) is 0. The van der Waals surface area contributed by atoms with E-state index in [0.717, 1.165) is 5.56 Å². The molecule has 0 spiro atoms. The minimum absolute atomic E-state index is 0.187. The molecule has 2 aromatic rings. The van der Waals surface area contributed by atoms with Crippen LogP contribution in [0.5, 0.6) is 0 Å². The lowest BCUT2D eigenvalue weighted by molar-refractivity contribution is 1.10. The van der Waals surface area contributed by atoms with E-state index < -0.39 is 0 Å². The molecule has 2 rings (SSSR count). The number of hydrogen-bond acceptors (Lipinski definition) is 3. The summed E-state index contributed by atoms with van der Waals surface area (Å²) in [4.78, 5) is 0. The Bertz CT molecular complexity index is 539. The Hall–Kier alpha value is -1.99. The highest BCUT2D eigenvalue weighted by Crippen LogP contribution is 2.30. The van der Waals surface area contributed by atoms with Crippen molar-refractivity contribution in [2.75, 3.05) is 5.73 Å². The summed E-state index contributed by atoms with van der Waals surface area (Å²) in [6.45, 7) is 0. The van der Waals surface area contributed by atoms with Crippen molar-refractivity contribution in [1.29, 1.82) is 5.26 Å². The predicted octanol–water partition coefficient (Wildman–Crippen LogP) is 2.18. The molecule has 0 aliphatic rings. The first-order valence-corrected chi connectivity index (χ1v) is 4.60. The first-order valence-electron chi connectivity index (χ1n) is 4.23. The Balaban J connectivity index is 2.66. The van der Waals surface area contributed by atoms with Crippen molar-refractivity contribution < 1.29 is 0 Å². The SMILES string of the molecule is N#Cc1c(N)n[nH]c1-c1ccccc1Cl. The molecule has 15 heavy (non-hydrogen) atoms. The molecule has 0 fully saturated rings. The summed E-state index contributed by atoms with van der Waals surface area (Å²) >= 11 is 6.00. The van der Waals surface area contributed by atoms with Crippen LogP contribution in [-0.2, 0) is 0 Å². The number of nitrogens with zero attached hydrogens (tertiary/aromatic N) is 2. The van der Waals surface area contributed by atoms with Gasteiger partial charge >= 0.3 is 0 Å². The van der Waals surface area contributed by atoms with Crippen LogP contribution in [-0.4, -0.2) is 10.2 Å². The summed E-state index contributed by atoms with van der Waals surface area (Å²) in [5.74, 6) is 0.187. The van der Waals surface area contributed by atoms with Gasteiger partial charge in [-0.25, -0.2) is 0 Å². The van der Waals surface area contributed by atoms with Gasteiger partial charge in [0.05, 0.1) is 5.69 Å². The van der Waals surface area contributed by atoms with Gasteiger partial charge in [0.1, 0.15) is 11.6 Å². The lowest BCUT2D eigenvalue weighted by Crippen LogP contribution is -1.88. The molecule has 0 aliphatic carbocycles. The molecule has 0 unspecified atom stereocenters. The highest BCUT2D eigenvalue weighted by atomic mass is 35.5. The van der Waals surface area contributed by atoms with E-state index in [9.17, 15) is 0 Å². The van der Waals surface area contributed by atoms with Gasteiger partial charge in [0.2, 0.25) is 0 Å². The summed E-state index contributed by atoms with van der Waals surface area (Å²) in [6.07, 6.45) is 0. The van der Waals surface area contributed by atoms with Crippen LogP contribution in [0.15, 0.2) is 24.3 Å². The van der Waals surface area contributed by atoms with Crippen LogP contribution < -0.4 is 5.73 Å². The number of nitrogen functional groups attached to an aromatic ring is 1. The first kappa shape index (κ1) is 9.56. The molecule has 3 N–H and O–H groups in total. The van der Waals surface area contributed by atoms with Crippen LogP contribution in [0.2, 0.25) is 5.02 Å². The van der Waals surface area contributed by atoms with Gasteiger partial charge in [0, 0.05) is 10.6 Å². The average molecular weight is 219 g/mol. The Morgan fingerprint density at radius 1 is 1.40 bits per heavy atom. The number of halogens is 1. The van der Waals surface area contributed by atoms with Crippen molar-refractivity contribution in [3.63, 3.8) is 0 Å². The highest BCUT2D eigenvalue weighted by Gasteiger charge is 2.13. The number of H-pyrrole nitrogens is 1. The largest absolute Gasteiger partial charge is 0.381 e. The van der Waals surface area contributed by atoms with E-state index in [1.165, 1.54) is 0 Å². The fourth-order valence-electron chi connectivity index (χ4n) is 1.33. The average Bonchev–Trinajstić information content (AvgIpc) is 2.60. The van der Waals surface area contributed by atoms with E-state index in [2.05, 4.69) is 10.2 Å². The molecule has 0 atom stereocenters. The molecule has 1 heterocycles. The molecule has 4 nitrogen and oxygen atoms in total. The maximum absolute atomic E-state index is 8.91. The van der Waals surface area contributed by atoms with Gasteiger partial charge in [-0.05, 0) is 6.07 Å². The molecular weight excluding hydrogens is 212 g/mol. The lowest BCUT2D eigenvalue weighted by Gasteiger charge is -2.00. The Morgan fingerprint density at radius 3 is 2.80 bits per heavy atom. The van der Waals surface area contributed by atoms with Gasteiger partial charge in [-0.2, -0.15) is 10.4 Å². The van der Waals surface area contributed by atoms with Crippen molar-refractivity contribution in [2.45, 2.75) is 0 Å². The van der Waals surface area contributed by atoms with Gasteiger partial charge in [0.25, 0.3) is 0 Å². The van der Waals surface area contributed by atoms with E-state index in [1.54, 1.807) is 12.1 Å². The summed E-state index contributed by atoms with van der Waals surface area (Å²) < 4.78 is 0. The second-order valence-corrected chi connectivity index (χ2v) is 3.36. The van der Waals surface area contributed by atoms with E-state index in [0.29, 0.717) is 16.3 Å². The summed E-state index contributed by atoms with van der Waals surface area (Å²) in [5.41, 5.74) is 7.13. The topological polar surface area (TPSA) is 78.5 Å². The minimum Gasteiger partial charge on any atom is -0.381 e. The molecule has 74 valence electrons. The van der Waals surface area contributed by atoms with Crippen molar-refractivity contribution >= 4 is 17.4 Å². The van der Waals surface area contributed by atoms with E-state index in [4.69, 9.17) is 22.6 Å². The molecule has 5 heteroatoms. The number of rotatable bonds is 1. The number of anilines is 1. The van der Waals surface area contributed by atoms with Crippen molar-refractivity contribution in [1.82, 2.24) is 10.2 Å². The molecule has 0 bridgehead atoms. The van der Waals surface area contributed by atoms with E-state index in [1.807, 2.05) is 18.2 Å². The number of hydrogen-bond donors (Lipinski definition) is 2. The third-order valence-electron chi connectivity index (χ3n) is 2.05. The van der Waals surface area contributed by atoms with Gasteiger partial charge in [-0.15, -0.1) is 0 Å². The summed E-state index contributed by atoms with van der Waals surface area (Å²) in [5, 5.41) is 15.9.